The third-order valence-corrected chi connectivity index (χ3v) is 4.46. The van der Waals surface area contributed by atoms with Crippen molar-refractivity contribution in [2.75, 3.05) is 6.61 Å². The molecular formula is C19H24BrClN2O2. The van der Waals surface area contributed by atoms with E-state index in [-0.39, 0.29) is 18.3 Å². The Kier molecular flexibility index (Phi) is 8.59. The number of nitrogens with two attached hydrogens (primary N) is 1. The number of carbonyl (C=O) groups excluding carboxylic acids is 1. The minimum absolute atomic E-state index is 0. The van der Waals surface area contributed by atoms with E-state index in [2.05, 4.69) is 21.2 Å². The van der Waals surface area contributed by atoms with Crippen molar-refractivity contribution in [2.45, 2.75) is 32.5 Å². The van der Waals surface area contributed by atoms with Gasteiger partial charge in [-0.05, 0) is 42.7 Å². The van der Waals surface area contributed by atoms with Gasteiger partial charge in [-0.15, -0.1) is 12.4 Å². The van der Waals surface area contributed by atoms with E-state index in [0.717, 1.165) is 21.2 Å². The molecule has 2 aromatic carbocycles. The Morgan fingerprint density at radius 1 is 1.16 bits per heavy atom. The molecule has 0 saturated heterocycles. The van der Waals surface area contributed by atoms with Crippen LogP contribution >= 0.6 is 28.3 Å². The zero-order valence-corrected chi connectivity index (χ0v) is 16.8. The summed E-state index contributed by atoms with van der Waals surface area (Å²) in [5, 5.41) is 2.94. The number of ether oxygens (including phenoxy) is 1. The summed E-state index contributed by atoms with van der Waals surface area (Å²) in [5.41, 5.74) is 8.05. The average Bonchev–Trinajstić information content (AvgIpc) is 2.58. The molecule has 0 spiro atoms. The number of halogens is 2. The molecule has 0 fully saturated rings. The lowest BCUT2D eigenvalue weighted by molar-refractivity contribution is -0.126. The van der Waals surface area contributed by atoms with E-state index in [9.17, 15) is 4.79 Å². The predicted octanol–water partition coefficient (Wildman–Crippen LogP) is 3.90. The molecule has 1 atom stereocenters. The van der Waals surface area contributed by atoms with Crippen LogP contribution in [-0.4, -0.2) is 12.5 Å². The molecule has 0 aromatic heterocycles. The Morgan fingerprint density at radius 2 is 1.76 bits per heavy atom. The molecule has 2 aromatic rings. The van der Waals surface area contributed by atoms with Crippen molar-refractivity contribution in [3.05, 3.63) is 69.7 Å². The summed E-state index contributed by atoms with van der Waals surface area (Å²) in [6, 6.07) is 15.4. The summed E-state index contributed by atoms with van der Waals surface area (Å²) in [6.45, 7) is 5.30. The quantitative estimate of drug-likeness (QED) is 0.704. The van der Waals surface area contributed by atoms with Crippen molar-refractivity contribution in [2.24, 2.45) is 5.73 Å². The molecule has 136 valence electrons. The second-order valence-corrected chi connectivity index (χ2v) is 6.71. The molecule has 25 heavy (non-hydrogen) atoms. The summed E-state index contributed by atoms with van der Waals surface area (Å²) in [5.74, 6) is -0.212. The zero-order chi connectivity index (χ0) is 17.6. The minimum atomic E-state index is -1.09. The molecule has 4 nitrogen and oxygen atoms in total. The molecule has 1 amide bonds. The maximum Gasteiger partial charge on any atom is 0.244 e. The zero-order valence-electron chi connectivity index (χ0n) is 14.4. The van der Waals surface area contributed by atoms with Gasteiger partial charge in [0.2, 0.25) is 5.91 Å². The lowest BCUT2D eigenvalue weighted by atomic mass is 9.92. The van der Waals surface area contributed by atoms with Gasteiger partial charge in [-0.25, -0.2) is 0 Å². The molecule has 6 heteroatoms. The van der Waals surface area contributed by atoms with E-state index < -0.39 is 5.54 Å². The van der Waals surface area contributed by atoms with Crippen LogP contribution in [0.3, 0.4) is 0 Å². The van der Waals surface area contributed by atoms with Crippen LogP contribution in [0.2, 0.25) is 0 Å². The molecule has 0 radical (unpaired) electrons. The maximum atomic E-state index is 12.6. The van der Waals surface area contributed by atoms with Crippen molar-refractivity contribution in [1.29, 1.82) is 0 Å². The minimum Gasteiger partial charge on any atom is -0.377 e. The third kappa shape index (κ3) is 5.82. The van der Waals surface area contributed by atoms with Gasteiger partial charge in [-0.3, -0.25) is 4.79 Å². The maximum absolute atomic E-state index is 12.6. The van der Waals surface area contributed by atoms with E-state index >= 15 is 0 Å². The predicted molar refractivity (Wildman–Crippen MR) is 107 cm³/mol. The number of hydrogen-bond donors (Lipinski definition) is 2. The van der Waals surface area contributed by atoms with Crippen molar-refractivity contribution in [3.63, 3.8) is 0 Å². The molecule has 0 aliphatic heterocycles. The molecule has 1 unspecified atom stereocenters. The second kappa shape index (κ2) is 9.92. The highest BCUT2D eigenvalue weighted by Crippen LogP contribution is 2.21. The normalized spacial score (nSPS) is 12.8. The molecule has 0 saturated carbocycles. The van der Waals surface area contributed by atoms with Gasteiger partial charge in [0, 0.05) is 17.6 Å². The Morgan fingerprint density at radius 3 is 2.36 bits per heavy atom. The van der Waals surface area contributed by atoms with Crippen molar-refractivity contribution in [3.8, 4) is 0 Å². The summed E-state index contributed by atoms with van der Waals surface area (Å²) < 4.78 is 6.42. The summed E-state index contributed by atoms with van der Waals surface area (Å²) in [7, 11) is 0. The number of hydrogen-bond acceptors (Lipinski definition) is 3. The Balaban J connectivity index is 0.00000312. The van der Waals surface area contributed by atoms with E-state index in [1.807, 2.05) is 55.5 Å². The van der Waals surface area contributed by atoms with E-state index in [4.69, 9.17) is 10.5 Å². The van der Waals surface area contributed by atoms with Gasteiger partial charge in [-0.1, -0.05) is 52.3 Å². The third-order valence-electron chi connectivity index (χ3n) is 3.94. The first-order valence-corrected chi connectivity index (χ1v) is 8.72. The Bertz CT molecular complexity index is 690. The van der Waals surface area contributed by atoms with Gasteiger partial charge in [0.05, 0.1) is 6.61 Å². The van der Waals surface area contributed by atoms with E-state index in [0.29, 0.717) is 19.8 Å². The number of carbonyl (C=O) groups is 1. The fourth-order valence-corrected chi connectivity index (χ4v) is 2.63. The topological polar surface area (TPSA) is 64.3 Å². The molecular weight excluding hydrogens is 404 g/mol. The van der Waals surface area contributed by atoms with Gasteiger partial charge < -0.3 is 15.8 Å². The van der Waals surface area contributed by atoms with E-state index in [1.54, 1.807) is 6.92 Å². The molecule has 2 rings (SSSR count). The van der Waals surface area contributed by atoms with Crippen LogP contribution in [-0.2, 0) is 28.2 Å². The first-order valence-electron chi connectivity index (χ1n) is 7.93. The average molecular weight is 428 g/mol. The second-order valence-electron chi connectivity index (χ2n) is 5.80. The van der Waals surface area contributed by atoms with Crippen LogP contribution in [0.15, 0.2) is 53.0 Å². The Hall–Kier alpha value is -1.40. The largest absolute Gasteiger partial charge is 0.377 e. The van der Waals surface area contributed by atoms with Crippen molar-refractivity contribution < 1.29 is 9.53 Å². The fourth-order valence-electron chi connectivity index (χ4n) is 2.37. The smallest absolute Gasteiger partial charge is 0.244 e. The molecule has 3 N–H and O–H groups in total. The number of amides is 1. The summed E-state index contributed by atoms with van der Waals surface area (Å²) in [6.07, 6.45) is 0. The standard InChI is InChI=1S/C19H23BrN2O2.ClH/c1-3-24-13-15-7-5-4-6-14(15)12-22-18(23)19(2,21)16-8-10-17(20)11-9-16;/h4-11H,3,12-13,21H2,1-2H3,(H,22,23);1H. The molecule has 0 heterocycles. The summed E-state index contributed by atoms with van der Waals surface area (Å²) >= 11 is 3.39. The van der Waals surface area contributed by atoms with Gasteiger partial charge in [-0.2, -0.15) is 0 Å². The SMILES string of the molecule is CCOCc1ccccc1CNC(=O)C(C)(N)c1ccc(Br)cc1.Cl. The van der Waals surface area contributed by atoms with Crippen LogP contribution in [0.5, 0.6) is 0 Å². The summed E-state index contributed by atoms with van der Waals surface area (Å²) in [4.78, 5) is 12.6. The fraction of sp³-hybridized carbons (Fsp3) is 0.316. The lowest BCUT2D eigenvalue weighted by Gasteiger charge is -2.24. The first-order chi connectivity index (χ1) is 11.4. The van der Waals surface area contributed by atoms with Crippen LogP contribution in [0.1, 0.15) is 30.5 Å². The number of rotatable bonds is 7. The van der Waals surface area contributed by atoms with Gasteiger partial charge in [0.1, 0.15) is 5.54 Å². The monoisotopic (exact) mass is 426 g/mol. The number of nitrogens with one attached hydrogen (secondary N) is 1. The van der Waals surface area contributed by atoms with Crippen molar-refractivity contribution in [1.82, 2.24) is 5.32 Å². The van der Waals surface area contributed by atoms with Gasteiger partial charge in [0.15, 0.2) is 0 Å². The highest BCUT2D eigenvalue weighted by molar-refractivity contribution is 9.10. The first kappa shape index (κ1) is 21.6. The highest BCUT2D eigenvalue weighted by atomic mass is 79.9. The van der Waals surface area contributed by atoms with Crippen molar-refractivity contribution >= 4 is 34.2 Å². The number of benzene rings is 2. The molecule has 0 aliphatic rings. The van der Waals surface area contributed by atoms with E-state index in [1.165, 1.54) is 0 Å². The van der Waals surface area contributed by atoms with Crippen LogP contribution in [0.4, 0.5) is 0 Å². The molecule has 0 aliphatic carbocycles. The van der Waals surface area contributed by atoms with Crippen LogP contribution in [0.25, 0.3) is 0 Å². The van der Waals surface area contributed by atoms with Gasteiger partial charge >= 0.3 is 0 Å². The Labute approximate surface area is 163 Å². The van der Waals surface area contributed by atoms with Crippen LogP contribution < -0.4 is 11.1 Å². The van der Waals surface area contributed by atoms with Crippen LogP contribution in [0, 0.1) is 0 Å². The van der Waals surface area contributed by atoms with Gasteiger partial charge in [0.25, 0.3) is 0 Å². The highest BCUT2D eigenvalue weighted by Gasteiger charge is 2.30. The molecule has 0 bridgehead atoms. The lowest BCUT2D eigenvalue weighted by Crippen LogP contribution is -2.48.